The molecule has 1 amide bonds. The van der Waals surface area contributed by atoms with Crippen molar-refractivity contribution in [3.8, 4) is 0 Å². The van der Waals surface area contributed by atoms with Gasteiger partial charge in [0.15, 0.2) is 0 Å². The Kier molecular flexibility index (Phi) is 15.8. The standard InChI is InChI=1S/C26H48N5O5P/c1-2-3-4-5-6-7-8-9-10-11-12-13-14-15-16-17-23(32)30-25-24-26(28-20-27-25)31(21-29-24)18-19-36-22-37(33,34)35/h9-10,20-21,24,26,33-35,37H,2-8,11-19,22H2,1H3,(H,27,28,30,32)/b10-9-. The first-order valence-electron chi connectivity index (χ1n) is 14.0. The molecule has 11 heteroatoms. The van der Waals surface area contributed by atoms with Gasteiger partial charge in [-0.15, -0.1) is 0 Å². The Morgan fingerprint density at radius 3 is 2.32 bits per heavy atom. The predicted octanol–water partition coefficient (Wildman–Crippen LogP) is 4.07. The van der Waals surface area contributed by atoms with E-state index in [4.69, 9.17) is 19.4 Å². The fraction of sp³-hybridized carbons (Fsp3) is 0.769. The van der Waals surface area contributed by atoms with E-state index in [1.54, 1.807) is 6.34 Å². The van der Waals surface area contributed by atoms with Gasteiger partial charge < -0.3 is 0 Å². The van der Waals surface area contributed by atoms with Crippen molar-refractivity contribution in [2.24, 2.45) is 15.0 Å². The molecular formula is C26H48N5O5P. The average Bonchev–Trinajstić information content (AvgIpc) is 3.28. The summed E-state index contributed by atoms with van der Waals surface area (Å²) < 4.78 is 5.10. The molecule has 0 saturated carbocycles. The van der Waals surface area contributed by atoms with Crippen LogP contribution in [-0.2, 0) is 9.53 Å². The Morgan fingerprint density at radius 2 is 1.65 bits per heavy atom. The molecule has 0 aromatic carbocycles. The molecule has 4 N–H and O–H groups in total. The minimum absolute atomic E-state index is 0.0578. The van der Waals surface area contributed by atoms with Crippen LogP contribution in [0, 0.1) is 0 Å². The third kappa shape index (κ3) is 14.1. The van der Waals surface area contributed by atoms with Crippen molar-refractivity contribution in [1.82, 2.24) is 10.2 Å². The first kappa shape index (κ1) is 31.5. The van der Waals surface area contributed by atoms with Crippen LogP contribution >= 0.6 is 7.94 Å². The number of nitrogens with zero attached hydrogens (tertiary/aromatic N) is 4. The Hall–Kier alpha value is -1.71. The number of carbonyl (C=O) groups is 1. The molecule has 2 unspecified atom stereocenters. The molecule has 0 radical (unpaired) electrons. The molecule has 37 heavy (non-hydrogen) atoms. The van der Waals surface area contributed by atoms with E-state index in [9.17, 15) is 4.79 Å². The molecule has 0 bridgehead atoms. The number of amides is 1. The van der Waals surface area contributed by atoms with Crippen molar-refractivity contribution >= 4 is 32.4 Å². The topological polar surface area (TPSA) is 139 Å². The molecule has 10 nitrogen and oxygen atoms in total. The number of aliphatic imine (C=N–C) groups is 3. The van der Waals surface area contributed by atoms with Crippen LogP contribution in [-0.4, -0.2) is 75.7 Å². The van der Waals surface area contributed by atoms with Gasteiger partial charge in [0.2, 0.25) is 0 Å². The van der Waals surface area contributed by atoms with Gasteiger partial charge in [-0.1, -0.05) is 70.4 Å². The van der Waals surface area contributed by atoms with Crippen LogP contribution in [0.15, 0.2) is 27.1 Å². The van der Waals surface area contributed by atoms with Crippen molar-refractivity contribution < 1.29 is 24.2 Å². The molecule has 0 aromatic heterocycles. The van der Waals surface area contributed by atoms with Crippen LogP contribution in [0.5, 0.6) is 0 Å². The summed E-state index contributed by atoms with van der Waals surface area (Å²) in [6.07, 6.45) is 23.3. The monoisotopic (exact) mass is 541 g/mol. The molecule has 2 aliphatic rings. The molecule has 2 aliphatic heterocycles. The van der Waals surface area contributed by atoms with E-state index in [1.807, 2.05) is 4.90 Å². The van der Waals surface area contributed by atoms with Gasteiger partial charge in [-0.3, -0.25) is 0 Å². The third-order valence-electron chi connectivity index (χ3n) is 6.42. The first-order chi connectivity index (χ1) is 17.9. The molecule has 0 aliphatic carbocycles. The Bertz CT molecular complexity index is 769. The zero-order valence-corrected chi connectivity index (χ0v) is 23.4. The Balaban J connectivity index is 1.49. The van der Waals surface area contributed by atoms with Gasteiger partial charge in [-0.2, -0.15) is 0 Å². The van der Waals surface area contributed by atoms with Crippen molar-refractivity contribution in [2.75, 3.05) is 19.5 Å². The van der Waals surface area contributed by atoms with E-state index >= 15 is 0 Å². The number of amidine groups is 1. The van der Waals surface area contributed by atoms with Gasteiger partial charge in [0, 0.05) is 0 Å². The summed E-state index contributed by atoms with van der Waals surface area (Å²) >= 11 is 0. The number of nitrogens with one attached hydrogen (secondary N) is 1. The molecule has 0 fully saturated rings. The van der Waals surface area contributed by atoms with Gasteiger partial charge >= 0.3 is 126 Å². The van der Waals surface area contributed by atoms with Crippen LogP contribution in [0.2, 0.25) is 0 Å². The van der Waals surface area contributed by atoms with Crippen LogP contribution in [0.1, 0.15) is 96.8 Å². The van der Waals surface area contributed by atoms with Crippen molar-refractivity contribution in [2.45, 2.75) is 109 Å². The second-order valence-corrected chi connectivity index (χ2v) is 11.7. The van der Waals surface area contributed by atoms with E-state index in [0.29, 0.717) is 18.8 Å². The van der Waals surface area contributed by atoms with E-state index in [2.05, 4.69) is 39.4 Å². The second kappa shape index (κ2) is 18.5. The number of fused-ring (bicyclic) bond motifs is 1. The summed E-state index contributed by atoms with van der Waals surface area (Å²) in [4.78, 5) is 54.2. The van der Waals surface area contributed by atoms with Crippen LogP contribution in [0.3, 0.4) is 0 Å². The fourth-order valence-corrected chi connectivity index (χ4v) is 4.76. The van der Waals surface area contributed by atoms with E-state index < -0.39 is 14.3 Å². The van der Waals surface area contributed by atoms with Gasteiger partial charge in [-0.25, -0.2) is 0 Å². The van der Waals surface area contributed by atoms with Gasteiger partial charge in [0.1, 0.15) is 0 Å². The zero-order chi connectivity index (χ0) is 26.8. The number of hydrogen-bond donors (Lipinski definition) is 4. The van der Waals surface area contributed by atoms with E-state index in [-0.39, 0.29) is 24.7 Å². The Morgan fingerprint density at radius 1 is 1.00 bits per heavy atom. The Labute approximate surface area is 222 Å². The molecule has 2 atom stereocenters. The summed E-state index contributed by atoms with van der Waals surface area (Å²) in [7, 11) is -4.20. The molecule has 0 aromatic rings. The average molecular weight is 542 g/mol. The van der Waals surface area contributed by atoms with Crippen LogP contribution in [0.4, 0.5) is 0 Å². The number of allylic oxidation sites excluding steroid dienone is 2. The number of carbonyl (C=O) groups excluding carboxylic acids is 1. The SMILES string of the molecule is CCCCCCCC/C=C\CCCCCCCC(=O)NC1=NC=NC2C1N=CN2CCOC[PH](O)(O)O. The first-order valence-corrected chi connectivity index (χ1v) is 16.0. The summed E-state index contributed by atoms with van der Waals surface area (Å²) in [6.45, 7) is 2.84. The van der Waals surface area contributed by atoms with Crippen LogP contribution < -0.4 is 5.32 Å². The third-order valence-corrected chi connectivity index (χ3v) is 7.01. The van der Waals surface area contributed by atoms with Gasteiger partial charge in [0.25, 0.3) is 0 Å². The van der Waals surface area contributed by atoms with Gasteiger partial charge in [0.05, 0.1) is 0 Å². The van der Waals surface area contributed by atoms with Crippen molar-refractivity contribution in [3.63, 3.8) is 0 Å². The van der Waals surface area contributed by atoms with Crippen LogP contribution in [0.25, 0.3) is 0 Å². The minimum atomic E-state index is -4.20. The normalized spacial score (nSPS) is 19.5. The summed E-state index contributed by atoms with van der Waals surface area (Å²) in [5, 5.41) is 2.89. The summed E-state index contributed by atoms with van der Waals surface area (Å²) in [6, 6.07) is -0.384. The maximum atomic E-state index is 12.4. The predicted molar refractivity (Wildman–Crippen MR) is 152 cm³/mol. The number of rotatable bonds is 20. The van der Waals surface area contributed by atoms with Crippen molar-refractivity contribution in [1.29, 1.82) is 0 Å². The quantitative estimate of drug-likeness (QED) is 0.104. The zero-order valence-electron chi connectivity index (χ0n) is 22.4. The fourth-order valence-electron chi connectivity index (χ4n) is 4.34. The van der Waals surface area contributed by atoms with E-state index in [0.717, 1.165) is 25.7 Å². The van der Waals surface area contributed by atoms with Crippen molar-refractivity contribution in [3.05, 3.63) is 12.2 Å². The second-order valence-electron chi connectivity index (χ2n) is 9.85. The molecule has 2 rings (SSSR count). The molecule has 0 spiro atoms. The number of unbranched alkanes of at least 4 members (excludes halogenated alkanes) is 11. The van der Waals surface area contributed by atoms with E-state index in [1.165, 1.54) is 64.1 Å². The molecule has 212 valence electrons. The number of ether oxygens (including phenoxy) is 1. The summed E-state index contributed by atoms with van der Waals surface area (Å²) in [5.41, 5.74) is 0. The number of hydrogen-bond acceptors (Lipinski definition) is 9. The molecule has 0 saturated heterocycles. The molecular weight excluding hydrogens is 493 g/mol. The molecule has 2 heterocycles. The summed E-state index contributed by atoms with van der Waals surface area (Å²) in [5.74, 6) is 0.433. The maximum absolute atomic E-state index is 12.4. The van der Waals surface area contributed by atoms with Gasteiger partial charge in [-0.05, 0) is 25.7 Å².